The highest BCUT2D eigenvalue weighted by Gasteiger charge is 2.41. The summed E-state index contributed by atoms with van der Waals surface area (Å²) in [6.45, 7) is 3.30. The molecule has 2 aromatic rings. The molecule has 0 aliphatic carbocycles. The van der Waals surface area contributed by atoms with Crippen molar-refractivity contribution in [2.24, 2.45) is 5.92 Å². The van der Waals surface area contributed by atoms with Crippen LogP contribution in [0.3, 0.4) is 0 Å². The maximum atomic E-state index is 12.9. The van der Waals surface area contributed by atoms with Gasteiger partial charge < -0.3 is 4.90 Å². The molecule has 0 spiro atoms. The van der Waals surface area contributed by atoms with Gasteiger partial charge in [-0.15, -0.1) is 0 Å². The molecular formula is C20H19F6N5O2. The molecule has 1 aliphatic rings. The van der Waals surface area contributed by atoms with Gasteiger partial charge in [-0.3, -0.25) is 14.7 Å². The van der Waals surface area contributed by atoms with Gasteiger partial charge in [-0.1, -0.05) is 13.8 Å². The first kappa shape index (κ1) is 24.4. The van der Waals surface area contributed by atoms with Crippen LogP contribution in [0.2, 0.25) is 0 Å². The van der Waals surface area contributed by atoms with E-state index in [-0.39, 0.29) is 23.8 Å². The molecule has 7 nitrogen and oxygen atoms in total. The second-order valence-corrected chi connectivity index (χ2v) is 7.84. The van der Waals surface area contributed by atoms with E-state index in [4.69, 9.17) is 0 Å². The van der Waals surface area contributed by atoms with Gasteiger partial charge in [-0.05, 0) is 18.1 Å². The fourth-order valence-electron chi connectivity index (χ4n) is 3.44. The third kappa shape index (κ3) is 5.57. The summed E-state index contributed by atoms with van der Waals surface area (Å²) in [5.41, 5.74) is -0.991. The number of hydrogen-bond acceptors (Lipinski definition) is 5. The van der Waals surface area contributed by atoms with Crippen LogP contribution in [0.4, 0.5) is 36.8 Å². The maximum absolute atomic E-state index is 12.9. The number of anilines is 1. The number of carbonyl (C=O) groups excluding carboxylic acids is 2. The Labute approximate surface area is 184 Å². The standard InChI is InChI=1S/C20H19F6N5O2/c1-11(2)16-10-30(14-7-28-17(29-8-14)20(24,25)26)18(33)31(16)9-15(32)6-13-5-12(3-4-27-13)19(21,22)23/h3-5,7-8,11,16H,6,9-10H2,1-2H3/t16-/m1/s1. The molecule has 0 radical (unpaired) electrons. The Bertz CT molecular complexity index is 1020. The molecule has 0 aromatic carbocycles. The highest BCUT2D eigenvalue weighted by Crippen LogP contribution is 2.31. The molecule has 13 heteroatoms. The van der Waals surface area contributed by atoms with Crippen LogP contribution in [0, 0.1) is 5.92 Å². The van der Waals surface area contributed by atoms with Gasteiger partial charge in [0.2, 0.25) is 5.82 Å². The molecule has 2 aromatic heterocycles. The summed E-state index contributed by atoms with van der Waals surface area (Å²) >= 11 is 0. The molecule has 0 saturated carbocycles. The Hall–Kier alpha value is -3.25. The molecule has 33 heavy (non-hydrogen) atoms. The van der Waals surface area contributed by atoms with Gasteiger partial charge in [0.1, 0.15) is 0 Å². The minimum absolute atomic E-state index is 0.0353. The zero-order valence-corrected chi connectivity index (χ0v) is 17.5. The predicted octanol–water partition coefficient (Wildman–Crippen LogP) is 3.99. The Kier molecular flexibility index (Phi) is 6.61. The summed E-state index contributed by atoms with van der Waals surface area (Å²) in [6.07, 6.45) is -7.02. The van der Waals surface area contributed by atoms with Crippen molar-refractivity contribution < 1.29 is 35.9 Å². The van der Waals surface area contributed by atoms with E-state index in [0.717, 1.165) is 30.7 Å². The monoisotopic (exact) mass is 475 g/mol. The highest BCUT2D eigenvalue weighted by atomic mass is 19.4. The summed E-state index contributed by atoms with van der Waals surface area (Å²) in [6, 6.07) is 0.465. The molecule has 0 unspecified atom stereocenters. The smallest absolute Gasteiger partial charge is 0.312 e. The first-order valence-electron chi connectivity index (χ1n) is 9.78. The first-order chi connectivity index (χ1) is 15.3. The van der Waals surface area contributed by atoms with Gasteiger partial charge in [0.25, 0.3) is 0 Å². The predicted molar refractivity (Wildman–Crippen MR) is 103 cm³/mol. The van der Waals surface area contributed by atoms with E-state index in [1.54, 1.807) is 13.8 Å². The molecule has 1 fully saturated rings. The van der Waals surface area contributed by atoms with Crippen molar-refractivity contribution in [2.75, 3.05) is 18.0 Å². The van der Waals surface area contributed by atoms with E-state index in [1.807, 2.05) is 0 Å². The second-order valence-electron chi connectivity index (χ2n) is 7.84. The summed E-state index contributed by atoms with van der Waals surface area (Å²) in [5, 5.41) is 0. The Balaban J connectivity index is 1.75. The summed E-state index contributed by atoms with van der Waals surface area (Å²) in [5.74, 6) is -2.00. The van der Waals surface area contributed by atoms with E-state index < -0.39 is 54.6 Å². The van der Waals surface area contributed by atoms with E-state index in [9.17, 15) is 35.9 Å². The summed E-state index contributed by atoms with van der Waals surface area (Å²) < 4.78 is 76.7. The fraction of sp³-hybridized carbons (Fsp3) is 0.450. The molecule has 178 valence electrons. The van der Waals surface area contributed by atoms with Gasteiger partial charge >= 0.3 is 18.4 Å². The molecule has 2 amide bonds. The van der Waals surface area contributed by atoms with Crippen LogP contribution in [-0.2, 0) is 23.6 Å². The van der Waals surface area contributed by atoms with Crippen molar-refractivity contribution in [3.8, 4) is 0 Å². The van der Waals surface area contributed by atoms with Gasteiger partial charge in [0, 0.05) is 18.4 Å². The number of rotatable bonds is 6. The Morgan fingerprint density at radius 3 is 2.27 bits per heavy atom. The molecule has 1 saturated heterocycles. The van der Waals surface area contributed by atoms with E-state index in [2.05, 4.69) is 15.0 Å². The SMILES string of the molecule is CC(C)[C@H]1CN(c2cnc(C(F)(F)F)nc2)C(=O)N1CC(=O)Cc1cc(C(F)(F)F)ccn1. The number of halogens is 6. The highest BCUT2D eigenvalue weighted by molar-refractivity contribution is 5.97. The number of urea groups is 1. The average Bonchev–Trinajstić information content (AvgIpc) is 3.03. The minimum Gasteiger partial charge on any atom is -0.312 e. The quantitative estimate of drug-likeness (QED) is 0.591. The number of aromatic nitrogens is 3. The van der Waals surface area contributed by atoms with Gasteiger partial charge in [0.05, 0.1) is 42.7 Å². The minimum atomic E-state index is -4.73. The molecule has 3 heterocycles. The maximum Gasteiger partial charge on any atom is 0.451 e. The lowest BCUT2D eigenvalue weighted by Gasteiger charge is -2.25. The van der Waals surface area contributed by atoms with Crippen LogP contribution in [0.5, 0.6) is 0 Å². The van der Waals surface area contributed by atoms with Crippen molar-refractivity contribution in [1.82, 2.24) is 19.9 Å². The lowest BCUT2D eigenvalue weighted by molar-refractivity contribution is -0.145. The summed E-state index contributed by atoms with van der Waals surface area (Å²) in [7, 11) is 0. The molecule has 1 aliphatic heterocycles. The van der Waals surface area contributed by atoms with E-state index in [0.29, 0.717) is 0 Å². The van der Waals surface area contributed by atoms with Crippen LogP contribution in [-0.4, -0.2) is 50.8 Å². The normalized spacial score (nSPS) is 17.2. The van der Waals surface area contributed by atoms with E-state index in [1.165, 1.54) is 9.80 Å². The number of pyridine rings is 1. The fourth-order valence-corrected chi connectivity index (χ4v) is 3.44. The zero-order chi connectivity index (χ0) is 24.6. The number of hydrogen-bond donors (Lipinski definition) is 0. The number of Topliss-reactive ketones (excluding diaryl/α,β-unsaturated/α-hetero) is 1. The first-order valence-corrected chi connectivity index (χ1v) is 9.78. The average molecular weight is 475 g/mol. The van der Waals surface area contributed by atoms with Crippen LogP contribution in [0.1, 0.15) is 30.9 Å². The van der Waals surface area contributed by atoms with Crippen LogP contribution >= 0.6 is 0 Å². The van der Waals surface area contributed by atoms with Crippen LogP contribution in [0.15, 0.2) is 30.7 Å². The number of ketones is 1. The second kappa shape index (κ2) is 8.94. The van der Waals surface area contributed by atoms with Gasteiger partial charge in [-0.25, -0.2) is 14.8 Å². The third-order valence-corrected chi connectivity index (χ3v) is 5.09. The van der Waals surface area contributed by atoms with Crippen molar-refractivity contribution in [1.29, 1.82) is 0 Å². The Morgan fingerprint density at radius 1 is 1.09 bits per heavy atom. The molecule has 0 N–H and O–H groups in total. The largest absolute Gasteiger partial charge is 0.451 e. The summed E-state index contributed by atoms with van der Waals surface area (Å²) in [4.78, 5) is 38.2. The van der Waals surface area contributed by atoms with Gasteiger partial charge in [0.15, 0.2) is 5.78 Å². The lowest BCUT2D eigenvalue weighted by Crippen LogP contribution is -2.41. The number of alkyl halides is 6. The van der Waals surface area contributed by atoms with Gasteiger partial charge in [-0.2, -0.15) is 26.3 Å². The van der Waals surface area contributed by atoms with Crippen molar-refractivity contribution in [3.63, 3.8) is 0 Å². The van der Waals surface area contributed by atoms with Crippen molar-refractivity contribution >= 4 is 17.5 Å². The zero-order valence-electron chi connectivity index (χ0n) is 17.5. The molecular weight excluding hydrogens is 456 g/mol. The topological polar surface area (TPSA) is 79.3 Å². The third-order valence-electron chi connectivity index (χ3n) is 5.09. The van der Waals surface area contributed by atoms with Crippen molar-refractivity contribution in [3.05, 3.63) is 47.8 Å². The lowest BCUT2D eigenvalue weighted by atomic mass is 10.0. The van der Waals surface area contributed by atoms with Crippen LogP contribution < -0.4 is 4.90 Å². The number of nitrogens with zero attached hydrogens (tertiary/aromatic N) is 5. The molecule has 0 bridgehead atoms. The Morgan fingerprint density at radius 2 is 1.73 bits per heavy atom. The van der Waals surface area contributed by atoms with Crippen LogP contribution in [0.25, 0.3) is 0 Å². The van der Waals surface area contributed by atoms with Crippen molar-refractivity contribution in [2.45, 2.75) is 38.7 Å². The number of carbonyl (C=O) groups is 2. The van der Waals surface area contributed by atoms with E-state index >= 15 is 0 Å². The molecule has 3 rings (SSSR count). The molecule has 1 atom stereocenters. The number of amides is 2.